The number of carboxylic acid groups (broad SMARTS) is 1. The second kappa shape index (κ2) is 10.3. The predicted octanol–water partition coefficient (Wildman–Crippen LogP) is 9.14. The number of aliphatic carboxylic acids is 1. The molecule has 0 heterocycles. The molecule has 0 amide bonds. The van der Waals surface area contributed by atoms with E-state index in [1.54, 1.807) is 0 Å². The van der Waals surface area contributed by atoms with Gasteiger partial charge in [-0.3, -0.25) is 9.59 Å². The molecule has 5 aliphatic carbocycles. The topological polar surface area (TPSA) is 63.6 Å². The predicted molar refractivity (Wildman–Crippen MR) is 172 cm³/mol. The van der Waals surface area contributed by atoms with E-state index in [1.807, 2.05) is 0 Å². The number of allylic oxidation sites excluding steroid dienone is 3. The summed E-state index contributed by atoms with van der Waals surface area (Å²) in [7, 11) is 0. The van der Waals surface area contributed by atoms with Crippen LogP contribution in [0.3, 0.4) is 0 Å². The standard InChI is InChI=1S/C39H54O4/c1-25(2)28-13-19-39(34(41)42)21-20-37(6)30(33(28)39)11-12-32-36(5)17-14-29(35(3,4)31(36)15-18-38(32,37)7)27-10-8-9-26(23-27)16-22-43-24-40/h8-10,14,23-24,28,30-33H,1,11-13,15-22H2,2-7H3,(H,41,42)/t28-,30+,31-,32+,33+,36-,37+,38+,39-/m0/s1. The summed E-state index contributed by atoms with van der Waals surface area (Å²) in [6.45, 7) is 20.3. The van der Waals surface area contributed by atoms with Crippen LogP contribution in [0.2, 0.25) is 0 Å². The Morgan fingerprint density at radius 3 is 2.47 bits per heavy atom. The number of fused-ring (bicyclic) bond motifs is 7. The number of hydrogen-bond acceptors (Lipinski definition) is 3. The highest BCUT2D eigenvalue weighted by molar-refractivity contribution is 5.76. The normalized spacial score (nSPS) is 42.8. The summed E-state index contributed by atoms with van der Waals surface area (Å²) in [5.41, 5.74) is 5.25. The van der Waals surface area contributed by atoms with Crippen molar-refractivity contribution in [1.82, 2.24) is 0 Å². The van der Waals surface area contributed by atoms with Gasteiger partial charge in [0.25, 0.3) is 6.47 Å². The first-order valence-electron chi connectivity index (χ1n) is 17.0. The minimum Gasteiger partial charge on any atom is -0.481 e. The lowest BCUT2D eigenvalue weighted by Gasteiger charge is -2.72. The van der Waals surface area contributed by atoms with E-state index in [4.69, 9.17) is 4.74 Å². The van der Waals surface area contributed by atoms with Crippen LogP contribution >= 0.6 is 0 Å². The van der Waals surface area contributed by atoms with Gasteiger partial charge >= 0.3 is 5.97 Å². The molecule has 4 nitrogen and oxygen atoms in total. The molecule has 9 atom stereocenters. The van der Waals surface area contributed by atoms with Crippen molar-refractivity contribution in [3.63, 3.8) is 0 Å². The minimum absolute atomic E-state index is 0.0472. The first kappa shape index (κ1) is 30.7. The SMILES string of the molecule is C=C(C)[C@@H]1CC[C@]2(C(=O)O)CC[C@]3(C)[C@H](CC[C@@H]4[C@@]5(C)CC=C(c6cccc(CCOC=O)c6)C(C)(C)[C@@H]5CC[C@]43C)[C@@H]12. The van der Waals surface area contributed by atoms with Crippen LogP contribution in [0.5, 0.6) is 0 Å². The van der Waals surface area contributed by atoms with Crippen LogP contribution in [0.1, 0.15) is 110 Å². The number of hydrogen-bond donors (Lipinski definition) is 1. The third-order valence-corrected chi connectivity index (χ3v) is 14.9. The Bertz CT molecular complexity index is 1340. The quantitative estimate of drug-likeness (QED) is 0.197. The summed E-state index contributed by atoms with van der Waals surface area (Å²) in [6.07, 6.45) is 12.9. The molecule has 4 saturated carbocycles. The van der Waals surface area contributed by atoms with Crippen molar-refractivity contribution >= 4 is 18.0 Å². The maximum absolute atomic E-state index is 13.0. The summed E-state index contributed by atoms with van der Waals surface area (Å²) >= 11 is 0. The van der Waals surface area contributed by atoms with Gasteiger partial charge in [0, 0.05) is 6.42 Å². The first-order valence-corrected chi connectivity index (χ1v) is 17.0. The first-order chi connectivity index (χ1) is 20.3. The van der Waals surface area contributed by atoms with Gasteiger partial charge in [-0.1, -0.05) is 77.1 Å². The molecule has 0 aromatic heterocycles. The Labute approximate surface area is 259 Å². The van der Waals surface area contributed by atoms with Gasteiger partial charge in [-0.2, -0.15) is 0 Å². The smallest absolute Gasteiger partial charge is 0.309 e. The van der Waals surface area contributed by atoms with Crippen molar-refractivity contribution in [2.45, 2.75) is 106 Å². The number of carbonyl (C=O) groups excluding carboxylic acids is 1. The molecule has 1 N–H and O–H groups in total. The van der Waals surface area contributed by atoms with E-state index in [2.05, 4.69) is 78.5 Å². The van der Waals surface area contributed by atoms with Crippen LogP contribution in [-0.4, -0.2) is 24.2 Å². The summed E-state index contributed by atoms with van der Waals surface area (Å²) < 4.78 is 4.98. The van der Waals surface area contributed by atoms with Gasteiger partial charge in [-0.05, 0) is 133 Å². The Balaban J connectivity index is 1.34. The van der Waals surface area contributed by atoms with E-state index >= 15 is 0 Å². The lowest BCUT2D eigenvalue weighted by molar-refractivity contribution is -0.227. The van der Waals surface area contributed by atoms with Gasteiger partial charge in [0.1, 0.15) is 0 Å². The second-order valence-electron chi connectivity index (χ2n) is 16.6. The fourth-order valence-corrected chi connectivity index (χ4v) is 12.7. The van der Waals surface area contributed by atoms with E-state index in [-0.39, 0.29) is 27.6 Å². The average molecular weight is 587 g/mol. The summed E-state index contributed by atoms with van der Waals surface area (Å²) in [5, 5.41) is 10.7. The fraction of sp³-hybridized carbons (Fsp3) is 0.692. The van der Waals surface area contributed by atoms with Crippen molar-refractivity contribution in [2.24, 2.45) is 56.7 Å². The monoisotopic (exact) mass is 586 g/mol. The lowest BCUT2D eigenvalue weighted by Crippen LogP contribution is -2.65. The molecular weight excluding hydrogens is 532 g/mol. The third kappa shape index (κ3) is 4.20. The fourth-order valence-electron chi connectivity index (χ4n) is 12.7. The Hall–Kier alpha value is -2.36. The molecule has 43 heavy (non-hydrogen) atoms. The zero-order chi connectivity index (χ0) is 31.0. The van der Waals surface area contributed by atoms with Gasteiger partial charge in [-0.15, -0.1) is 0 Å². The third-order valence-electron chi connectivity index (χ3n) is 14.9. The van der Waals surface area contributed by atoms with Crippen LogP contribution in [0.4, 0.5) is 0 Å². The highest BCUT2D eigenvalue weighted by Gasteiger charge is 2.71. The molecule has 5 aliphatic rings. The maximum Gasteiger partial charge on any atom is 0.309 e. The van der Waals surface area contributed by atoms with Crippen molar-refractivity contribution in [3.8, 4) is 0 Å². The van der Waals surface area contributed by atoms with Crippen molar-refractivity contribution in [1.29, 1.82) is 0 Å². The Morgan fingerprint density at radius 1 is 1.00 bits per heavy atom. The molecule has 0 bridgehead atoms. The number of ether oxygens (including phenoxy) is 1. The van der Waals surface area contributed by atoms with Crippen molar-refractivity contribution < 1.29 is 19.4 Å². The van der Waals surface area contributed by atoms with Gasteiger partial charge in [-0.25, -0.2) is 0 Å². The van der Waals surface area contributed by atoms with E-state index in [0.29, 0.717) is 36.8 Å². The molecule has 0 spiro atoms. The highest BCUT2D eigenvalue weighted by atomic mass is 16.5. The van der Waals surface area contributed by atoms with Crippen molar-refractivity contribution in [3.05, 3.63) is 53.6 Å². The molecule has 0 unspecified atom stereocenters. The van der Waals surface area contributed by atoms with Crippen LogP contribution in [0.15, 0.2) is 42.5 Å². The maximum atomic E-state index is 13.0. The lowest BCUT2D eigenvalue weighted by atomic mass is 9.32. The molecule has 4 heteroatoms. The zero-order valence-corrected chi connectivity index (χ0v) is 27.5. The Morgan fingerprint density at radius 2 is 1.77 bits per heavy atom. The van der Waals surface area contributed by atoms with Crippen LogP contribution in [0.25, 0.3) is 5.57 Å². The largest absolute Gasteiger partial charge is 0.481 e. The van der Waals surface area contributed by atoms with Gasteiger partial charge < -0.3 is 9.84 Å². The average Bonchev–Trinajstić information content (AvgIpc) is 3.35. The van der Waals surface area contributed by atoms with E-state index in [1.165, 1.54) is 41.5 Å². The molecular formula is C39H54O4. The molecule has 0 saturated heterocycles. The second-order valence-corrected chi connectivity index (χ2v) is 16.6. The summed E-state index contributed by atoms with van der Waals surface area (Å²) in [4.78, 5) is 23.6. The van der Waals surface area contributed by atoms with E-state index < -0.39 is 11.4 Å². The molecule has 1 aromatic rings. The van der Waals surface area contributed by atoms with Gasteiger partial charge in [0.15, 0.2) is 0 Å². The number of rotatable bonds is 7. The molecule has 234 valence electrons. The van der Waals surface area contributed by atoms with Gasteiger partial charge in [0.05, 0.1) is 12.0 Å². The zero-order valence-electron chi connectivity index (χ0n) is 27.5. The van der Waals surface area contributed by atoms with E-state index in [9.17, 15) is 14.7 Å². The van der Waals surface area contributed by atoms with Crippen LogP contribution in [0, 0.1) is 56.7 Å². The van der Waals surface area contributed by atoms with E-state index in [0.717, 1.165) is 44.9 Å². The molecule has 0 aliphatic heterocycles. The van der Waals surface area contributed by atoms with Crippen LogP contribution in [-0.2, 0) is 20.7 Å². The summed E-state index contributed by atoms with van der Waals surface area (Å²) in [5.74, 6) is 1.70. The number of carboxylic acids is 1. The molecule has 4 fully saturated rings. The Kier molecular flexibility index (Phi) is 7.38. The number of benzene rings is 1. The van der Waals surface area contributed by atoms with Crippen LogP contribution < -0.4 is 0 Å². The van der Waals surface area contributed by atoms with Gasteiger partial charge in [0.2, 0.25) is 0 Å². The highest BCUT2D eigenvalue weighted by Crippen LogP contribution is 2.77. The molecule has 0 radical (unpaired) electrons. The van der Waals surface area contributed by atoms with Crippen molar-refractivity contribution in [2.75, 3.05) is 6.61 Å². The number of carbonyl (C=O) groups is 2. The minimum atomic E-state index is -0.559. The molecule has 1 aromatic carbocycles. The molecule has 6 rings (SSSR count). The summed E-state index contributed by atoms with van der Waals surface area (Å²) in [6, 6.07) is 8.85.